The van der Waals surface area contributed by atoms with E-state index in [1.165, 1.54) is 0 Å². The molecule has 0 aromatic carbocycles. The number of imidazole rings is 1. The average Bonchev–Trinajstić information content (AvgIpc) is 2.76. The first-order valence-electron chi connectivity index (χ1n) is 6.19. The molecule has 5 nitrogen and oxygen atoms in total. The number of nitrogens with one attached hydrogen (secondary N) is 1. The molecule has 2 aromatic heterocycles. The second-order valence-corrected chi connectivity index (χ2v) is 4.61. The molecule has 0 aliphatic rings. The van der Waals surface area contributed by atoms with Gasteiger partial charge in [-0.25, -0.2) is 15.0 Å². The third-order valence-corrected chi connectivity index (χ3v) is 2.86. The molecule has 0 fully saturated rings. The van der Waals surface area contributed by atoms with E-state index in [2.05, 4.69) is 34.1 Å². The third-order valence-electron chi connectivity index (χ3n) is 2.86. The minimum absolute atomic E-state index is 0.420. The van der Waals surface area contributed by atoms with Crippen molar-refractivity contribution in [3.8, 4) is 0 Å². The monoisotopic (exact) mass is 245 g/mol. The average molecular weight is 245 g/mol. The van der Waals surface area contributed by atoms with Gasteiger partial charge in [0.15, 0.2) is 0 Å². The molecule has 0 aliphatic carbocycles. The normalized spacial score (nSPS) is 10.9. The number of hydrogen-bond acceptors (Lipinski definition) is 4. The van der Waals surface area contributed by atoms with Gasteiger partial charge in [0.1, 0.15) is 18.0 Å². The van der Waals surface area contributed by atoms with Crippen molar-refractivity contribution in [2.24, 2.45) is 7.05 Å². The molecule has 18 heavy (non-hydrogen) atoms. The molecule has 0 saturated heterocycles. The van der Waals surface area contributed by atoms with Gasteiger partial charge in [0.05, 0.1) is 0 Å². The van der Waals surface area contributed by atoms with Crippen molar-refractivity contribution < 1.29 is 0 Å². The first-order chi connectivity index (χ1) is 8.66. The summed E-state index contributed by atoms with van der Waals surface area (Å²) in [6.07, 6.45) is 6.26. The minimum atomic E-state index is 0.420. The molecule has 0 amide bonds. The van der Waals surface area contributed by atoms with Crippen molar-refractivity contribution in [2.75, 3.05) is 11.9 Å². The van der Waals surface area contributed by atoms with Crippen LogP contribution in [0.1, 0.15) is 31.3 Å². The summed E-state index contributed by atoms with van der Waals surface area (Å²) in [6.45, 7) is 5.07. The van der Waals surface area contributed by atoms with Gasteiger partial charge < -0.3 is 9.88 Å². The third kappa shape index (κ3) is 3.06. The second-order valence-electron chi connectivity index (χ2n) is 4.61. The molecule has 2 aromatic rings. The summed E-state index contributed by atoms with van der Waals surface area (Å²) >= 11 is 0. The summed E-state index contributed by atoms with van der Waals surface area (Å²) in [7, 11) is 2.00. The van der Waals surface area contributed by atoms with E-state index in [1.807, 2.05) is 30.1 Å². The summed E-state index contributed by atoms with van der Waals surface area (Å²) in [5.74, 6) is 2.37. The maximum absolute atomic E-state index is 4.28. The molecular formula is C13H19N5. The van der Waals surface area contributed by atoms with Crippen LogP contribution in [-0.4, -0.2) is 26.1 Å². The maximum atomic E-state index is 4.28. The fraction of sp³-hybridized carbons (Fsp3) is 0.462. The maximum Gasteiger partial charge on any atom is 0.129 e. The van der Waals surface area contributed by atoms with Crippen LogP contribution >= 0.6 is 0 Å². The fourth-order valence-corrected chi connectivity index (χ4v) is 1.72. The molecular weight excluding hydrogens is 226 g/mol. The number of aryl methyl sites for hydroxylation is 1. The number of hydrogen-bond donors (Lipinski definition) is 1. The van der Waals surface area contributed by atoms with E-state index in [0.29, 0.717) is 5.92 Å². The van der Waals surface area contributed by atoms with Crippen LogP contribution < -0.4 is 5.32 Å². The molecule has 0 bridgehead atoms. The van der Waals surface area contributed by atoms with Gasteiger partial charge in [0.25, 0.3) is 0 Å². The molecule has 0 aliphatic heterocycles. The Kier molecular flexibility index (Phi) is 3.92. The lowest BCUT2D eigenvalue weighted by Gasteiger charge is -2.08. The van der Waals surface area contributed by atoms with Crippen LogP contribution in [0.5, 0.6) is 0 Å². The standard InChI is InChI=1S/C13H19N5/c1-10(2)11-8-12(17-9-16-11)14-5-4-13-15-6-7-18(13)3/h6-10H,4-5H2,1-3H3,(H,14,16,17). The van der Waals surface area contributed by atoms with Gasteiger partial charge in [-0.1, -0.05) is 13.8 Å². The summed E-state index contributed by atoms with van der Waals surface area (Å²) in [6, 6.07) is 2.00. The van der Waals surface area contributed by atoms with Crippen molar-refractivity contribution in [3.05, 3.63) is 36.3 Å². The Hall–Kier alpha value is -1.91. The Morgan fingerprint density at radius 1 is 1.28 bits per heavy atom. The van der Waals surface area contributed by atoms with Crippen LogP contribution in [-0.2, 0) is 13.5 Å². The highest BCUT2D eigenvalue weighted by Crippen LogP contribution is 2.13. The number of rotatable bonds is 5. The van der Waals surface area contributed by atoms with Crippen LogP contribution in [0.4, 0.5) is 5.82 Å². The van der Waals surface area contributed by atoms with Gasteiger partial charge in [-0.2, -0.15) is 0 Å². The number of aromatic nitrogens is 4. The minimum Gasteiger partial charge on any atom is -0.370 e. The predicted octanol–water partition coefficient (Wildman–Crippen LogP) is 1.99. The Labute approximate surface area is 107 Å². The molecule has 0 saturated carbocycles. The lowest BCUT2D eigenvalue weighted by molar-refractivity contribution is 0.785. The predicted molar refractivity (Wildman–Crippen MR) is 71.5 cm³/mol. The lowest BCUT2D eigenvalue weighted by Crippen LogP contribution is -2.10. The number of anilines is 1. The highest BCUT2D eigenvalue weighted by atomic mass is 15.1. The molecule has 2 heterocycles. The first kappa shape index (κ1) is 12.5. The van der Waals surface area contributed by atoms with Gasteiger partial charge in [-0.15, -0.1) is 0 Å². The van der Waals surface area contributed by atoms with Crippen LogP contribution in [0.25, 0.3) is 0 Å². The SMILES string of the molecule is CC(C)c1cc(NCCc2nccn2C)ncn1. The van der Waals surface area contributed by atoms with E-state index < -0.39 is 0 Å². The second kappa shape index (κ2) is 5.62. The van der Waals surface area contributed by atoms with Crippen molar-refractivity contribution in [1.82, 2.24) is 19.5 Å². The first-order valence-corrected chi connectivity index (χ1v) is 6.19. The van der Waals surface area contributed by atoms with Crippen molar-refractivity contribution in [3.63, 3.8) is 0 Å². The summed E-state index contributed by atoms with van der Waals surface area (Å²) in [5, 5.41) is 3.30. The zero-order chi connectivity index (χ0) is 13.0. The number of nitrogens with zero attached hydrogens (tertiary/aromatic N) is 4. The van der Waals surface area contributed by atoms with E-state index in [4.69, 9.17) is 0 Å². The zero-order valence-electron chi connectivity index (χ0n) is 11.1. The van der Waals surface area contributed by atoms with Crippen LogP contribution in [0.15, 0.2) is 24.8 Å². The lowest BCUT2D eigenvalue weighted by atomic mass is 10.1. The summed E-state index contributed by atoms with van der Waals surface area (Å²) in [5.41, 5.74) is 1.06. The molecule has 5 heteroatoms. The van der Waals surface area contributed by atoms with E-state index >= 15 is 0 Å². The van der Waals surface area contributed by atoms with E-state index in [0.717, 1.165) is 30.3 Å². The van der Waals surface area contributed by atoms with Gasteiger partial charge in [0.2, 0.25) is 0 Å². The Balaban J connectivity index is 1.90. The quantitative estimate of drug-likeness (QED) is 0.875. The van der Waals surface area contributed by atoms with E-state index in [9.17, 15) is 0 Å². The summed E-state index contributed by atoms with van der Waals surface area (Å²) < 4.78 is 2.03. The van der Waals surface area contributed by atoms with Gasteiger partial charge in [-0.3, -0.25) is 0 Å². The molecule has 0 unspecified atom stereocenters. The van der Waals surface area contributed by atoms with Crippen LogP contribution in [0.3, 0.4) is 0 Å². The van der Waals surface area contributed by atoms with Crippen LogP contribution in [0.2, 0.25) is 0 Å². The highest BCUT2D eigenvalue weighted by molar-refractivity contribution is 5.35. The summed E-state index contributed by atoms with van der Waals surface area (Å²) in [4.78, 5) is 12.7. The largest absolute Gasteiger partial charge is 0.370 e. The smallest absolute Gasteiger partial charge is 0.129 e. The molecule has 96 valence electrons. The van der Waals surface area contributed by atoms with Crippen LogP contribution in [0, 0.1) is 0 Å². The van der Waals surface area contributed by atoms with Gasteiger partial charge in [0, 0.05) is 44.2 Å². The van der Waals surface area contributed by atoms with Gasteiger partial charge >= 0.3 is 0 Å². The molecule has 0 spiro atoms. The van der Waals surface area contributed by atoms with Crippen molar-refractivity contribution in [1.29, 1.82) is 0 Å². The van der Waals surface area contributed by atoms with Crippen molar-refractivity contribution in [2.45, 2.75) is 26.2 Å². The Bertz CT molecular complexity index is 504. The Morgan fingerprint density at radius 3 is 2.78 bits per heavy atom. The van der Waals surface area contributed by atoms with Crippen molar-refractivity contribution >= 4 is 5.82 Å². The zero-order valence-corrected chi connectivity index (χ0v) is 11.1. The van der Waals surface area contributed by atoms with Gasteiger partial charge in [-0.05, 0) is 5.92 Å². The fourth-order valence-electron chi connectivity index (χ4n) is 1.72. The van der Waals surface area contributed by atoms with E-state index in [1.54, 1.807) is 6.33 Å². The molecule has 0 atom stereocenters. The topological polar surface area (TPSA) is 55.6 Å². The molecule has 2 rings (SSSR count). The molecule has 0 radical (unpaired) electrons. The Morgan fingerprint density at radius 2 is 2.11 bits per heavy atom. The molecule has 1 N–H and O–H groups in total. The highest BCUT2D eigenvalue weighted by Gasteiger charge is 2.03. The van der Waals surface area contributed by atoms with E-state index in [-0.39, 0.29) is 0 Å².